The summed E-state index contributed by atoms with van der Waals surface area (Å²) >= 11 is 0. The maximum Gasteiger partial charge on any atom is 0.223 e. The molecule has 1 aliphatic heterocycles. The molecule has 1 saturated carbocycles. The summed E-state index contributed by atoms with van der Waals surface area (Å²) in [7, 11) is 0. The van der Waals surface area contributed by atoms with E-state index >= 15 is 0 Å². The van der Waals surface area contributed by atoms with Gasteiger partial charge in [0.25, 0.3) is 0 Å². The van der Waals surface area contributed by atoms with Gasteiger partial charge in [-0.3, -0.25) is 4.79 Å². The lowest BCUT2D eigenvalue weighted by Gasteiger charge is -2.27. The van der Waals surface area contributed by atoms with Gasteiger partial charge >= 0.3 is 0 Å². The van der Waals surface area contributed by atoms with Crippen molar-refractivity contribution in [2.75, 3.05) is 6.61 Å². The predicted molar refractivity (Wildman–Crippen MR) is 53.9 cm³/mol. The number of carbonyl (C=O) groups is 1. The zero-order chi connectivity index (χ0) is 9.97. The molecule has 1 heterocycles. The molecule has 2 fully saturated rings. The monoisotopic (exact) mass is 197 g/mol. The second-order valence-electron chi connectivity index (χ2n) is 4.48. The number of rotatable bonds is 3. The Balaban J connectivity index is 1.74. The fourth-order valence-electron chi connectivity index (χ4n) is 2.10. The van der Waals surface area contributed by atoms with Crippen LogP contribution in [-0.2, 0) is 9.53 Å². The molecule has 0 bridgehead atoms. The van der Waals surface area contributed by atoms with Crippen molar-refractivity contribution in [2.45, 2.75) is 51.2 Å². The van der Waals surface area contributed by atoms with Gasteiger partial charge in [-0.15, -0.1) is 0 Å². The van der Waals surface area contributed by atoms with E-state index < -0.39 is 0 Å². The van der Waals surface area contributed by atoms with Gasteiger partial charge in [0.1, 0.15) is 0 Å². The molecule has 1 N–H and O–H groups in total. The Labute approximate surface area is 85.2 Å². The third kappa shape index (κ3) is 2.08. The van der Waals surface area contributed by atoms with Crippen LogP contribution in [0.3, 0.4) is 0 Å². The highest BCUT2D eigenvalue weighted by atomic mass is 16.5. The van der Waals surface area contributed by atoms with E-state index in [1.165, 1.54) is 6.42 Å². The number of nitrogens with one attached hydrogen (secondary N) is 1. The maximum atomic E-state index is 11.6. The first kappa shape index (κ1) is 9.97. The average molecular weight is 197 g/mol. The molecule has 0 unspecified atom stereocenters. The Bertz CT molecular complexity index is 207. The summed E-state index contributed by atoms with van der Waals surface area (Å²) < 4.78 is 5.53. The summed E-state index contributed by atoms with van der Waals surface area (Å²) in [6.07, 6.45) is 5.83. The third-order valence-corrected chi connectivity index (χ3v) is 3.37. The molecular formula is C11H19NO2. The summed E-state index contributed by atoms with van der Waals surface area (Å²) in [6, 6.07) is 0.186. The van der Waals surface area contributed by atoms with Crippen molar-refractivity contribution < 1.29 is 9.53 Å². The van der Waals surface area contributed by atoms with Gasteiger partial charge in [0, 0.05) is 12.5 Å². The lowest BCUT2D eigenvalue weighted by molar-refractivity contribution is -0.128. The van der Waals surface area contributed by atoms with Gasteiger partial charge in [-0.2, -0.15) is 0 Å². The first-order valence-electron chi connectivity index (χ1n) is 5.69. The van der Waals surface area contributed by atoms with Gasteiger partial charge in [0.05, 0.1) is 12.1 Å². The Morgan fingerprint density at radius 2 is 2.14 bits per heavy atom. The van der Waals surface area contributed by atoms with Crippen LogP contribution < -0.4 is 5.32 Å². The fourth-order valence-corrected chi connectivity index (χ4v) is 2.10. The Kier molecular flexibility index (Phi) is 3.06. The largest absolute Gasteiger partial charge is 0.376 e. The van der Waals surface area contributed by atoms with Gasteiger partial charge in [-0.25, -0.2) is 0 Å². The van der Waals surface area contributed by atoms with E-state index in [9.17, 15) is 4.79 Å². The fraction of sp³-hybridized carbons (Fsp3) is 0.909. The van der Waals surface area contributed by atoms with Crippen molar-refractivity contribution in [2.24, 2.45) is 5.92 Å². The third-order valence-electron chi connectivity index (χ3n) is 3.37. The van der Waals surface area contributed by atoms with Crippen LogP contribution >= 0.6 is 0 Å². The molecule has 2 aliphatic rings. The molecule has 0 spiro atoms. The van der Waals surface area contributed by atoms with E-state index in [2.05, 4.69) is 5.32 Å². The van der Waals surface area contributed by atoms with Gasteiger partial charge in [-0.05, 0) is 32.6 Å². The first-order valence-corrected chi connectivity index (χ1v) is 5.69. The minimum atomic E-state index is 0.186. The molecular weight excluding hydrogens is 178 g/mol. The average Bonchev–Trinajstić information content (AvgIpc) is 2.51. The van der Waals surface area contributed by atoms with E-state index in [0.717, 1.165) is 32.3 Å². The van der Waals surface area contributed by atoms with Crippen molar-refractivity contribution in [1.82, 2.24) is 5.32 Å². The van der Waals surface area contributed by atoms with Crippen LogP contribution in [0.15, 0.2) is 0 Å². The summed E-state index contributed by atoms with van der Waals surface area (Å²) in [5.74, 6) is 0.526. The SMILES string of the molecule is C[C@H](NC(=O)C1CCC1)[C@H]1CCCO1. The number of hydrogen-bond acceptors (Lipinski definition) is 2. The van der Waals surface area contributed by atoms with Gasteiger partial charge in [0.2, 0.25) is 5.91 Å². The van der Waals surface area contributed by atoms with Crippen LogP contribution in [0.4, 0.5) is 0 Å². The van der Waals surface area contributed by atoms with Crippen molar-refractivity contribution in [3.63, 3.8) is 0 Å². The highest BCUT2D eigenvalue weighted by molar-refractivity contribution is 5.79. The normalized spacial score (nSPS) is 29.6. The minimum absolute atomic E-state index is 0.186. The molecule has 1 saturated heterocycles. The predicted octanol–water partition coefficient (Wildman–Crippen LogP) is 1.47. The first-order chi connectivity index (χ1) is 6.77. The quantitative estimate of drug-likeness (QED) is 0.744. The number of carbonyl (C=O) groups excluding carboxylic acids is 1. The standard InChI is InChI=1S/C11H19NO2/c1-8(10-6-3-7-14-10)12-11(13)9-4-2-5-9/h8-10H,2-7H2,1H3,(H,12,13)/t8-,10+/m0/s1. The Morgan fingerprint density at radius 3 is 2.64 bits per heavy atom. The molecule has 2 rings (SSSR count). The maximum absolute atomic E-state index is 11.6. The topological polar surface area (TPSA) is 38.3 Å². The molecule has 1 aliphatic carbocycles. The van der Waals surface area contributed by atoms with Crippen molar-refractivity contribution in [3.05, 3.63) is 0 Å². The van der Waals surface area contributed by atoms with E-state index in [4.69, 9.17) is 4.74 Å². The van der Waals surface area contributed by atoms with Crippen LogP contribution in [0.25, 0.3) is 0 Å². The molecule has 80 valence electrons. The van der Waals surface area contributed by atoms with Crippen LogP contribution in [-0.4, -0.2) is 24.7 Å². The van der Waals surface area contributed by atoms with Gasteiger partial charge in [0.15, 0.2) is 0 Å². The van der Waals surface area contributed by atoms with E-state index in [0.29, 0.717) is 5.92 Å². The van der Waals surface area contributed by atoms with Crippen LogP contribution in [0.1, 0.15) is 39.0 Å². The van der Waals surface area contributed by atoms with Crippen molar-refractivity contribution >= 4 is 5.91 Å². The van der Waals surface area contributed by atoms with Crippen molar-refractivity contribution in [1.29, 1.82) is 0 Å². The van der Waals surface area contributed by atoms with Gasteiger partial charge < -0.3 is 10.1 Å². The van der Waals surface area contributed by atoms with Crippen LogP contribution in [0.5, 0.6) is 0 Å². The molecule has 1 amide bonds. The molecule has 0 radical (unpaired) electrons. The zero-order valence-corrected chi connectivity index (χ0v) is 8.79. The smallest absolute Gasteiger partial charge is 0.223 e. The summed E-state index contributed by atoms with van der Waals surface area (Å²) in [5, 5.41) is 3.06. The summed E-state index contributed by atoms with van der Waals surface area (Å²) in [4.78, 5) is 11.6. The summed E-state index contributed by atoms with van der Waals surface area (Å²) in [6.45, 7) is 2.90. The van der Waals surface area contributed by atoms with E-state index in [-0.39, 0.29) is 18.1 Å². The zero-order valence-electron chi connectivity index (χ0n) is 8.79. The molecule has 0 aromatic carbocycles. The second kappa shape index (κ2) is 4.30. The number of ether oxygens (including phenoxy) is 1. The molecule has 3 heteroatoms. The van der Waals surface area contributed by atoms with E-state index in [1.807, 2.05) is 6.92 Å². The highest BCUT2D eigenvalue weighted by Gasteiger charge is 2.29. The van der Waals surface area contributed by atoms with Crippen LogP contribution in [0, 0.1) is 5.92 Å². The molecule has 3 nitrogen and oxygen atoms in total. The number of amides is 1. The Morgan fingerprint density at radius 1 is 1.36 bits per heavy atom. The minimum Gasteiger partial charge on any atom is -0.376 e. The lowest BCUT2D eigenvalue weighted by Crippen LogP contribution is -2.45. The molecule has 2 atom stereocenters. The summed E-state index contributed by atoms with van der Waals surface area (Å²) in [5.41, 5.74) is 0. The lowest BCUT2D eigenvalue weighted by atomic mass is 9.84. The molecule has 0 aromatic rings. The van der Waals surface area contributed by atoms with Gasteiger partial charge in [-0.1, -0.05) is 6.42 Å². The van der Waals surface area contributed by atoms with Crippen molar-refractivity contribution in [3.8, 4) is 0 Å². The Hall–Kier alpha value is -0.570. The number of hydrogen-bond donors (Lipinski definition) is 1. The second-order valence-corrected chi connectivity index (χ2v) is 4.48. The van der Waals surface area contributed by atoms with E-state index in [1.54, 1.807) is 0 Å². The molecule has 0 aromatic heterocycles. The molecule has 14 heavy (non-hydrogen) atoms. The highest BCUT2D eigenvalue weighted by Crippen LogP contribution is 2.26. The van der Waals surface area contributed by atoms with Crippen LogP contribution in [0.2, 0.25) is 0 Å².